The Morgan fingerprint density at radius 2 is 1.19 bits per heavy atom. The third-order valence-electron chi connectivity index (χ3n) is 3.92. The SMILES string of the molecule is NC(=O)CCC(NC(=O)C(CCC(=O)O)NC(=O)C(N)CS)C(=O)NC(CS)C(=O)O. The minimum atomic E-state index is -1.38. The van der Waals surface area contributed by atoms with Gasteiger partial charge in [0.1, 0.15) is 18.1 Å². The maximum atomic E-state index is 12.6. The first-order chi connectivity index (χ1) is 14.4. The molecule has 0 aliphatic heterocycles. The normalized spacial score (nSPS) is 14.4. The highest BCUT2D eigenvalue weighted by molar-refractivity contribution is 7.80. The van der Waals surface area contributed by atoms with Crippen molar-refractivity contribution in [3.8, 4) is 0 Å². The summed E-state index contributed by atoms with van der Waals surface area (Å²) in [6.07, 6.45) is -1.37. The fourth-order valence-electron chi connectivity index (χ4n) is 2.18. The molecule has 0 saturated carbocycles. The van der Waals surface area contributed by atoms with Crippen molar-refractivity contribution < 1.29 is 39.0 Å². The quantitative estimate of drug-likeness (QED) is 0.107. The number of carbonyl (C=O) groups excluding carboxylic acids is 4. The molecule has 0 radical (unpaired) electrons. The molecule has 13 nitrogen and oxygen atoms in total. The van der Waals surface area contributed by atoms with Crippen LogP contribution >= 0.6 is 25.3 Å². The molecular formula is C16H27N5O8S2. The van der Waals surface area contributed by atoms with E-state index in [1.807, 2.05) is 0 Å². The molecule has 4 atom stereocenters. The Bertz CT molecular complexity index is 693. The first-order valence-electron chi connectivity index (χ1n) is 9.04. The first-order valence-corrected chi connectivity index (χ1v) is 10.3. The average molecular weight is 482 g/mol. The van der Waals surface area contributed by atoms with Gasteiger partial charge in [0.2, 0.25) is 23.6 Å². The van der Waals surface area contributed by atoms with Crippen LogP contribution in [0.4, 0.5) is 0 Å². The van der Waals surface area contributed by atoms with Crippen LogP contribution in [0.5, 0.6) is 0 Å². The number of carboxylic acid groups (broad SMARTS) is 2. The average Bonchev–Trinajstić information content (AvgIpc) is 2.70. The van der Waals surface area contributed by atoms with Crippen molar-refractivity contribution in [2.45, 2.75) is 49.9 Å². The number of aliphatic carboxylic acids is 2. The number of carboxylic acids is 2. The molecule has 176 valence electrons. The van der Waals surface area contributed by atoms with E-state index in [2.05, 4.69) is 41.2 Å². The zero-order valence-electron chi connectivity index (χ0n) is 16.4. The molecule has 0 aliphatic rings. The molecular weight excluding hydrogens is 454 g/mol. The summed E-state index contributed by atoms with van der Waals surface area (Å²) >= 11 is 7.69. The number of hydrogen-bond donors (Lipinski definition) is 9. The van der Waals surface area contributed by atoms with E-state index in [1.54, 1.807) is 0 Å². The van der Waals surface area contributed by atoms with Crippen LogP contribution in [0.2, 0.25) is 0 Å². The van der Waals surface area contributed by atoms with Gasteiger partial charge in [-0.25, -0.2) is 4.79 Å². The van der Waals surface area contributed by atoms with Crippen molar-refractivity contribution in [3.63, 3.8) is 0 Å². The van der Waals surface area contributed by atoms with Crippen LogP contribution in [-0.4, -0.2) is 81.5 Å². The summed E-state index contributed by atoms with van der Waals surface area (Å²) in [4.78, 5) is 70.2. The second kappa shape index (κ2) is 14.5. The van der Waals surface area contributed by atoms with E-state index in [9.17, 15) is 28.8 Å². The van der Waals surface area contributed by atoms with Gasteiger partial charge in [-0.15, -0.1) is 0 Å². The predicted molar refractivity (Wildman–Crippen MR) is 114 cm³/mol. The number of nitrogens with two attached hydrogens (primary N) is 2. The monoisotopic (exact) mass is 481 g/mol. The maximum Gasteiger partial charge on any atom is 0.327 e. The van der Waals surface area contributed by atoms with Gasteiger partial charge in [0.25, 0.3) is 0 Å². The molecule has 31 heavy (non-hydrogen) atoms. The zero-order valence-corrected chi connectivity index (χ0v) is 18.2. The molecule has 4 unspecified atom stereocenters. The van der Waals surface area contributed by atoms with Crippen LogP contribution < -0.4 is 27.4 Å². The molecule has 0 aromatic carbocycles. The Morgan fingerprint density at radius 3 is 1.58 bits per heavy atom. The molecule has 0 aromatic heterocycles. The lowest BCUT2D eigenvalue weighted by molar-refractivity contribution is -0.141. The molecule has 0 fully saturated rings. The topological polar surface area (TPSA) is 231 Å². The molecule has 0 bridgehead atoms. The minimum Gasteiger partial charge on any atom is -0.481 e. The molecule has 0 spiro atoms. The van der Waals surface area contributed by atoms with Gasteiger partial charge in [0.15, 0.2) is 0 Å². The smallest absolute Gasteiger partial charge is 0.327 e. The summed E-state index contributed by atoms with van der Waals surface area (Å²) in [6, 6.07) is -5.17. The van der Waals surface area contributed by atoms with Crippen LogP contribution in [0.15, 0.2) is 0 Å². The van der Waals surface area contributed by atoms with Crippen molar-refractivity contribution in [1.29, 1.82) is 0 Å². The highest BCUT2D eigenvalue weighted by Crippen LogP contribution is 2.04. The van der Waals surface area contributed by atoms with E-state index in [-0.39, 0.29) is 30.8 Å². The third kappa shape index (κ3) is 11.4. The van der Waals surface area contributed by atoms with E-state index in [1.165, 1.54) is 0 Å². The van der Waals surface area contributed by atoms with Gasteiger partial charge < -0.3 is 37.6 Å². The summed E-state index contributed by atoms with van der Waals surface area (Å²) in [5.74, 6) is -6.26. The Balaban J connectivity index is 5.48. The van der Waals surface area contributed by atoms with Crippen molar-refractivity contribution in [2.24, 2.45) is 11.5 Å². The van der Waals surface area contributed by atoms with Gasteiger partial charge in [-0.05, 0) is 12.8 Å². The molecule has 0 aromatic rings. The first kappa shape index (κ1) is 28.5. The van der Waals surface area contributed by atoms with Crippen LogP contribution in [0.3, 0.4) is 0 Å². The lowest BCUT2D eigenvalue weighted by Crippen LogP contribution is -2.57. The second-order valence-corrected chi connectivity index (χ2v) is 7.16. The largest absolute Gasteiger partial charge is 0.481 e. The second-order valence-electron chi connectivity index (χ2n) is 6.43. The van der Waals surface area contributed by atoms with Crippen molar-refractivity contribution >= 4 is 60.8 Å². The molecule has 0 saturated heterocycles. The Labute approximate surface area is 188 Å². The van der Waals surface area contributed by atoms with Crippen LogP contribution in [0.1, 0.15) is 25.7 Å². The Morgan fingerprint density at radius 1 is 0.742 bits per heavy atom. The van der Waals surface area contributed by atoms with E-state index in [0.29, 0.717) is 0 Å². The molecule has 0 heterocycles. The Hall–Kier alpha value is -2.52. The van der Waals surface area contributed by atoms with Gasteiger partial charge in [-0.1, -0.05) is 0 Å². The summed E-state index contributed by atoms with van der Waals surface area (Å²) < 4.78 is 0. The molecule has 0 aliphatic carbocycles. The number of rotatable bonds is 15. The van der Waals surface area contributed by atoms with Crippen LogP contribution in [0.25, 0.3) is 0 Å². The summed E-state index contributed by atoms with van der Waals surface area (Å²) in [6.45, 7) is 0. The lowest BCUT2D eigenvalue weighted by atomic mass is 10.1. The fraction of sp³-hybridized carbons (Fsp3) is 0.625. The van der Waals surface area contributed by atoms with Crippen molar-refractivity contribution in [1.82, 2.24) is 16.0 Å². The van der Waals surface area contributed by atoms with E-state index in [4.69, 9.17) is 21.7 Å². The molecule has 9 N–H and O–H groups in total. The Kier molecular flexibility index (Phi) is 13.3. The van der Waals surface area contributed by atoms with E-state index >= 15 is 0 Å². The highest BCUT2D eigenvalue weighted by Gasteiger charge is 2.30. The standard InChI is InChI=1S/C16H27N5O8S2/c17-7(5-30)13(25)19-9(2-4-12(23)24)14(26)20-8(1-3-11(18)22)15(27)21-10(6-31)16(28)29/h7-10,30-31H,1-6,17H2,(H2,18,22)(H,19,25)(H,20,26)(H,21,27)(H,23,24)(H,28,29). The van der Waals surface area contributed by atoms with E-state index < -0.39 is 66.2 Å². The number of primary amides is 1. The zero-order chi connectivity index (χ0) is 24.1. The summed E-state index contributed by atoms with van der Waals surface area (Å²) in [5, 5.41) is 24.6. The van der Waals surface area contributed by atoms with Crippen LogP contribution in [-0.2, 0) is 28.8 Å². The fourth-order valence-corrected chi connectivity index (χ4v) is 2.60. The maximum absolute atomic E-state index is 12.6. The van der Waals surface area contributed by atoms with Gasteiger partial charge in [-0.3, -0.25) is 24.0 Å². The number of amides is 4. The minimum absolute atomic E-state index is 0.0386. The third-order valence-corrected chi connectivity index (χ3v) is 4.68. The van der Waals surface area contributed by atoms with Gasteiger partial charge in [-0.2, -0.15) is 25.3 Å². The lowest BCUT2D eigenvalue weighted by Gasteiger charge is -2.24. The summed E-state index contributed by atoms with van der Waals surface area (Å²) in [7, 11) is 0. The molecule has 0 rings (SSSR count). The van der Waals surface area contributed by atoms with E-state index in [0.717, 1.165) is 0 Å². The number of thiol groups is 2. The number of nitrogens with one attached hydrogen (secondary N) is 3. The van der Waals surface area contributed by atoms with Gasteiger partial charge in [0, 0.05) is 24.3 Å². The summed E-state index contributed by atoms with van der Waals surface area (Å²) in [5.41, 5.74) is 10.6. The van der Waals surface area contributed by atoms with Gasteiger partial charge >= 0.3 is 11.9 Å². The van der Waals surface area contributed by atoms with Gasteiger partial charge in [0.05, 0.1) is 6.04 Å². The molecule has 4 amide bonds. The predicted octanol–water partition coefficient (Wildman–Crippen LogP) is -3.16. The molecule has 15 heteroatoms. The number of carbonyl (C=O) groups is 6. The van der Waals surface area contributed by atoms with Crippen molar-refractivity contribution in [3.05, 3.63) is 0 Å². The number of hydrogen-bond acceptors (Lipinski definition) is 9. The van der Waals surface area contributed by atoms with Crippen LogP contribution in [0, 0.1) is 0 Å². The highest BCUT2D eigenvalue weighted by atomic mass is 32.1. The van der Waals surface area contributed by atoms with Crippen molar-refractivity contribution in [2.75, 3.05) is 11.5 Å².